The van der Waals surface area contributed by atoms with E-state index in [0.717, 1.165) is 30.0 Å². The summed E-state index contributed by atoms with van der Waals surface area (Å²) in [5.41, 5.74) is -4.20. The number of halogens is 10. The van der Waals surface area contributed by atoms with Crippen molar-refractivity contribution >= 4 is 21.8 Å². The number of hydrogen-bond acceptors (Lipinski definition) is 1. The number of rotatable bonds is 5. The molecule has 2 rings (SSSR count). The van der Waals surface area contributed by atoms with Crippen LogP contribution in [0.25, 0.3) is 0 Å². The number of carbonyl (C=O) groups excluding carboxylic acids is 1. The quantitative estimate of drug-likeness (QED) is 0.337. The summed E-state index contributed by atoms with van der Waals surface area (Å²) in [6, 6.07) is 3.01. The number of amides is 1. The summed E-state index contributed by atoms with van der Waals surface area (Å²) in [7, 11) is 0. The third kappa shape index (κ3) is 6.67. The Morgan fingerprint density at radius 3 is 1.71 bits per heavy atom. The fraction of sp³-hybridized carbons (Fsp3) is 0.409. The van der Waals surface area contributed by atoms with Gasteiger partial charge in [-0.05, 0) is 54.4 Å². The molecule has 0 aliphatic heterocycles. The van der Waals surface area contributed by atoms with Crippen LogP contribution < -0.4 is 0 Å². The van der Waals surface area contributed by atoms with Crippen LogP contribution in [-0.2, 0) is 29.9 Å². The van der Waals surface area contributed by atoms with Gasteiger partial charge in [-0.2, -0.15) is 39.5 Å². The monoisotopic (exact) mass is 563 g/mol. The predicted octanol–water partition coefficient (Wildman–Crippen LogP) is 8.05. The summed E-state index contributed by atoms with van der Waals surface area (Å²) in [5, 5.41) is 0. The normalized spacial score (nSPS) is 14.6. The third-order valence-electron chi connectivity index (χ3n) is 5.47. The van der Waals surface area contributed by atoms with Crippen LogP contribution in [0.2, 0.25) is 0 Å². The van der Waals surface area contributed by atoms with Crippen molar-refractivity contribution < 1.29 is 44.3 Å². The number of alkyl halides is 9. The molecule has 2 atom stereocenters. The minimum Gasteiger partial charge on any atom is -0.335 e. The predicted molar refractivity (Wildman–Crippen MR) is 110 cm³/mol. The fourth-order valence-electron chi connectivity index (χ4n) is 3.39. The summed E-state index contributed by atoms with van der Waals surface area (Å²) in [4.78, 5) is 13.4. The Kier molecular flexibility index (Phi) is 8.06. The van der Waals surface area contributed by atoms with E-state index in [1.54, 1.807) is 0 Å². The Morgan fingerprint density at radius 1 is 0.824 bits per heavy atom. The topological polar surface area (TPSA) is 20.3 Å². The van der Waals surface area contributed by atoms with Crippen LogP contribution in [0.15, 0.2) is 40.9 Å². The highest BCUT2D eigenvalue weighted by Crippen LogP contribution is 2.39. The van der Waals surface area contributed by atoms with Gasteiger partial charge in [-0.1, -0.05) is 22.9 Å². The van der Waals surface area contributed by atoms with Crippen LogP contribution in [0.1, 0.15) is 54.5 Å². The SMILES string of the molecule is CC(=O)N(Cc1cc(C(F)(F)F)ccc1Br)[C@@H](C)C(C)c1cc(C(F)(F)F)cc(C(F)(F)F)c1. The molecule has 0 aromatic heterocycles. The lowest BCUT2D eigenvalue weighted by molar-refractivity contribution is -0.143. The Balaban J connectivity index is 2.48. The van der Waals surface area contributed by atoms with E-state index in [2.05, 4.69) is 15.9 Å². The van der Waals surface area contributed by atoms with Gasteiger partial charge in [0.1, 0.15) is 0 Å². The summed E-state index contributed by atoms with van der Waals surface area (Å²) < 4.78 is 119. The number of benzene rings is 2. The first kappa shape index (κ1) is 28.0. The molecule has 0 saturated heterocycles. The van der Waals surface area contributed by atoms with Crippen molar-refractivity contribution in [1.82, 2.24) is 4.90 Å². The van der Waals surface area contributed by atoms with Crippen LogP contribution >= 0.6 is 15.9 Å². The van der Waals surface area contributed by atoms with Gasteiger partial charge in [-0.25, -0.2) is 0 Å². The Morgan fingerprint density at radius 2 is 1.29 bits per heavy atom. The zero-order valence-corrected chi connectivity index (χ0v) is 19.5. The highest BCUT2D eigenvalue weighted by Gasteiger charge is 2.38. The second kappa shape index (κ2) is 9.79. The molecule has 0 N–H and O–H groups in total. The smallest absolute Gasteiger partial charge is 0.335 e. The van der Waals surface area contributed by atoms with Gasteiger partial charge in [-0.15, -0.1) is 0 Å². The molecule has 2 aromatic rings. The molecule has 12 heteroatoms. The van der Waals surface area contributed by atoms with Gasteiger partial charge in [0, 0.05) is 29.9 Å². The zero-order valence-electron chi connectivity index (χ0n) is 18.0. The molecule has 0 bridgehead atoms. The molecule has 0 heterocycles. The molecule has 1 amide bonds. The maximum atomic E-state index is 13.2. The van der Waals surface area contributed by atoms with Crippen LogP contribution in [0, 0.1) is 0 Å². The van der Waals surface area contributed by atoms with Gasteiger partial charge in [0.25, 0.3) is 0 Å². The minimum absolute atomic E-state index is 0.00335. The molecule has 1 unspecified atom stereocenters. The molecule has 0 aliphatic rings. The Labute approximate surface area is 197 Å². The van der Waals surface area contributed by atoms with E-state index in [9.17, 15) is 44.3 Å². The second-order valence-electron chi connectivity index (χ2n) is 7.82. The molecule has 2 nitrogen and oxygen atoms in total. The van der Waals surface area contributed by atoms with E-state index >= 15 is 0 Å². The lowest BCUT2D eigenvalue weighted by Crippen LogP contribution is -2.39. The van der Waals surface area contributed by atoms with Gasteiger partial charge in [0.2, 0.25) is 5.91 Å². The Hall–Kier alpha value is -2.24. The van der Waals surface area contributed by atoms with E-state index in [1.165, 1.54) is 13.8 Å². The van der Waals surface area contributed by atoms with Crippen molar-refractivity contribution in [2.24, 2.45) is 0 Å². The minimum atomic E-state index is -5.04. The molecule has 34 heavy (non-hydrogen) atoms. The van der Waals surface area contributed by atoms with E-state index in [4.69, 9.17) is 0 Å². The summed E-state index contributed by atoms with van der Waals surface area (Å²) in [6.45, 7) is 3.51. The van der Waals surface area contributed by atoms with Crippen molar-refractivity contribution in [3.63, 3.8) is 0 Å². The Bertz CT molecular complexity index is 1010. The zero-order chi connectivity index (χ0) is 26.2. The average molecular weight is 564 g/mol. The van der Waals surface area contributed by atoms with Gasteiger partial charge < -0.3 is 4.90 Å². The molecule has 2 aromatic carbocycles. The lowest BCUT2D eigenvalue weighted by atomic mass is 9.90. The maximum Gasteiger partial charge on any atom is 0.416 e. The molecular weight excluding hydrogens is 545 g/mol. The van der Waals surface area contributed by atoms with E-state index in [0.29, 0.717) is 12.1 Å². The average Bonchev–Trinajstić information content (AvgIpc) is 2.69. The molecule has 0 radical (unpaired) electrons. The largest absolute Gasteiger partial charge is 0.416 e. The van der Waals surface area contributed by atoms with Crippen LogP contribution in [0.5, 0.6) is 0 Å². The fourth-order valence-corrected chi connectivity index (χ4v) is 3.76. The van der Waals surface area contributed by atoms with Gasteiger partial charge in [0.05, 0.1) is 16.7 Å². The number of carbonyl (C=O) groups is 1. The molecule has 188 valence electrons. The number of hydrogen-bond donors (Lipinski definition) is 0. The van der Waals surface area contributed by atoms with Crippen molar-refractivity contribution in [3.05, 3.63) is 68.7 Å². The van der Waals surface area contributed by atoms with Gasteiger partial charge in [0.15, 0.2) is 0 Å². The maximum absolute atomic E-state index is 13.2. The highest BCUT2D eigenvalue weighted by atomic mass is 79.9. The van der Waals surface area contributed by atoms with Crippen molar-refractivity contribution in [1.29, 1.82) is 0 Å². The first-order chi connectivity index (χ1) is 15.3. The highest BCUT2D eigenvalue weighted by molar-refractivity contribution is 9.10. The van der Waals surface area contributed by atoms with Crippen LogP contribution in [-0.4, -0.2) is 16.8 Å². The summed E-state index contributed by atoms with van der Waals surface area (Å²) in [5.74, 6) is -1.64. The molecule has 0 aliphatic carbocycles. The molecule has 0 saturated carbocycles. The summed E-state index contributed by atoms with van der Waals surface area (Å²) >= 11 is 3.11. The number of nitrogens with zero attached hydrogens (tertiary/aromatic N) is 1. The van der Waals surface area contributed by atoms with Crippen molar-refractivity contribution in [2.75, 3.05) is 0 Å². The second-order valence-corrected chi connectivity index (χ2v) is 8.67. The van der Waals surface area contributed by atoms with E-state index in [-0.39, 0.29) is 28.2 Å². The van der Waals surface area contributed by atoms with Gasteiger partial charge in [-0.3, -0.25) is 4.79 Å². The van der Waals surface area contributed by atoms with Crippen LogP contribution in [0.4, 0.5) is 39.5 Å². The van der Waals surface area contributed by atoms with Gasteiger partial charge >= 0.3 is 18.5 Å². The van der Waals surface area contributed by atoms with Crippen molar-refractivity contribution in [2.45, 2.75) is 57.8 Å². The first-order valence-electron chi connectivity index (χ1n) is 9.74. The molecule has 0 fully saturated rings. The third-order valence-corrected chi connectivity index (χ3v) is 6.24. The van der Waals surface area contributed by atoms with Crippen molar-refractivity contribution in [3.8, 4) is 0 Å². The standard InChI is InChI=1S/C22H19BrF9NO/c1-11(14-6-17(21(27,28)29)9-18(7-14)22(30,31)32)12(2)33(13(3)34)10-15-8-16(20(24,25)26)4-5-19(15)23/h4-9,11-12H,10H2,1-3H3/t11?,12-/m0/s1. The first-order valence-corrected chi connectivity index (χ1v) is 10.5. The molecular formula is C22H19BrF9NO. The lowest BCUT2D eigenvalue weighted by Gasteiger charge is -2.34. The summed E-state index contributed by atoms with van der Waals surface area (Å²) in [6.07, 6.45) is -14.7. The van der Waals surface area contributed by atoms with E-state index in [1.807, 2.05) is 0 Å². The molecule has 0 spiro atoms. The van der Waals surface area contributed by atoms with E-state index < -0.39 is 53.1 Å². The van der Waals surface area contributed by atoms with Crippen LogP contribution in [0.3, 0.4) is 0 Å².